The standard InChI is InChI=1S/C32H51N3O7/c1-7-9-10-16-41-30(39)26-25-28(37)35(24(21-36)19-22(3)4)27(32(25)20-23(5)31(26,6)42-32)29(38)34(11-8-2)13-12-33-14-17-40-18-15-33/h7-8,22-27,36H,1-2,9-21H2,3-6H3/t23?,24-,25+,26-,27?,31+,32?/m1/s1. The van der Waals surface area contributed by atoms with Gasteiger partial charge in [-0.1, -0.05) is 32.9 Å². The lowest BCUT2D eigenvalue weighted by molar-refractivity contribution is -0.164. The molecule has 1 N–H and O–H groups in total. The first-order chi connectivity index (χ1) is 20.0. The molecule has 2 bridgehead atoms. The van der Waals surface area contributed by atoms with Gasteiger partial charge in [0.15, 0.2) is 0 Å². The molecule has 4 saturated heterocycles. The summed E-state index contributed by atoms with van der Waals surface area (Å²) in [7, 11) is 0. The van der Waals surface area contributed by atoms with Crippen LogP contribution in [0.1, 0.15) is 53.4 Å². The van der Waals surface area contributed by atoms with E-state index < -0.39 is 41.1 Å². The van der Waals surface area contributed by atoms with Gasteiger partial charge in [-0.2, -0.15) is 0 Å². The Labute approximate surface area is 251 Å². The minimum atomic E-state index is -1.18. The predicted octanol–water partition coefficient (Wildman–Crippen LogP) is 2.26. The van der Waals surface area contributed by atoms with Gasteiger partial charge in [-0.15, -0.1) is 13.2 Å². The number of amides is 2. The van der Waals surface area contributed by atoms with Gasteiger partial charge >= 0.3 is 5.97 Å². The Kier molecular flexibility index (Phi) is 10.5. The van der Waals surface area contributed by atoms with Gasteiger partial charge in [0.1, 0.15) is 17.6 Å². The molecule has 0 saturated carbocycles. The van der Waals surface area contributed by atoms with Crippen molar-refractivity contribution in [2.75, 3.05) is 59.2 Å². The van der Waals surface area contributed by atoms with Gasteiger partial charge in [-0.25, -0.2) is 0 Å². The first kappa shape index (κ1) is 32.6. The average molecular weight is 590 g/mol. The number of hydrogen-bond acceptors (Lipinski definition) is 8. The maximum Gasteiger partial charge on any atom is 0.312 e. The van der Waals surface area contributed by atoms with Crippen molar-refractivity contribution in [1.82, 2.24) is 14.7 Å². The van der Waals surface area contributed by atoms with Crippen LogP contribution in [0, 0.1) is 23.7 Å². The number of esters is 1. The molecule has 4 rings (SSSR count). The van der Waals surface area contributed by atoms with Crippen LogP contribution in [0.5, 0.6) is 0 Å². The molecule has 0 radical (unpaired) electrons. The molecule has 4 aliphatic heterocycles. The van der Waals surface area contributed by atoms with E-state index in [2.05, 4.69) is 18.1 Å². The van der Waals surface area contributed by atoms with E-state index in [9.17, 15) is 19.5 Å². The molecule has 0 aliphatic carbocycles. The number of rotatable bonds is 15. The van der Waals surface area contributed by atoms with Gasteiger partial charge in [0.25, 0.3) is 0 Å². The zero-order valence-corrected chi connectivity index (χ0v) is 26.0. The van der Waals surface area contributed by atoms with Gasteiger partial charge < -0.3 is 29.1 Å². The topological polar surface area (TPSA) is 109 Å². The van der Waals surface area contributed by atoms with Crippen molar-refractivity contribution in [3.63, 3.8) is 0 Å². The van der Waals surface area contributed by atoms with Crippen molar-refractivity contribution >= 4 is 17.8 Å². The summed E-state index contributed by atoms with van der Waals surface area (Å²) in [6.07, 6.45) is 5.83. The zero-order chi connectivity index (χ0) is 30.7. The van der Waals surface area contributed by atoms with Crippen LogP contribution in [-0.2, 0) is 28.6 Å². The fourth-order valence-corrected chi connectivity index (χ4v) is 7.73. The van der Waals surface area contributed by atoms with E-state index in [-0.39, 0.29) is 36.9 Å². The van der Waals surface area contributed by atoms with Crippen LogP contribution in [0.2, 0.25) is 0 Å². The number of ether oxygens (including phenoxy) is 3. The second-order valence-electron chi connectivity index (χ2n) is 13.0. The molecule has 10 heteroatoms. The highest BCUT2D eigenvalue weighted by Crippen LogP contribution is 2.65. The first-order valence-corrected chi connectivity index (χ1v) is 15.7. The number of likely N-dealkylation sites (tertiary alicyclic amines) is 1. The number of aliphatic hydroxyl groups is 1. The van der Waals surface area contributed by atoms with Gasteiger partial charge in [-0.3, -0.25) is 19.3 Å². The molecule has 3 unspecified atom stereocenters. The van der Waals surface area contributed by atoms with E-state index in [0.717, 1.165) is 19.5 Å². The lowest BCUT2D eigenvalue weighted by atomic mass is 9.62. The van der Waals surface area contributed by atoms with Crippen LogP contribution in [0.4, 0.5) is 0 Å². The summed E-state index contributed by atoms with van der Waals surface area (Å²) in [6, 6.07) is -1.54. The van der Waals surface area contributed by atoms with Crippen molar-refractivity contribution in [3.05, 3.63) is 25.3 Å². The highest BCUT2D eigenvalue weighted by atomic mass is 16.6. The Morgan fingerprint density at radius 1 is 1.24 bits per heavy atom. The number of carbonyl (C=O) groups is 3. The molecule has 7 atom stereocenters. The summed E-state index contributed by atoms with van der Waals surface area (Å²) in [5.41, 5.74) is -2.12. The molecule has 4 aliphatic rings. The van der Waals surface area contributed by atoms with Crippen LogP contribution in [-0.4, -0.2) is 120 Å². The number of fused-ring (bicyclic) bond motifs is 1. The highest BCUT2D eigenvalue weighted by molar-refractivity contribution is 5.98. The van der Waals surface area contributed by atoms with Crippen LogP contribution in [0.15, 0.2) is 25.3 Å². The lowest BCUT2D eigenvalue weighted by Crippen LogP contribution is -2.59. The zero-order valence-electron chi connectivity index (χ0n) is 26.0. The minimum absolute atomic E-state index is 0.0820. The molecule has 0 aromatic heterocycles. The van der Waals surface area contributed by atoms with E-state index in [4.69, 9.17) is 14.2 Å². The lowest BCUT2D eigenvalue weighted by Gasteiger charge is -2.40. The Balaban J connectivity index is 1.71. The third-order valence-corrected chi connectivity index (χ3v) is 9.84. The fraction of sp³-hybridized carbons (Fsp3) is 0.781. The summed E-state index contributed by atoms with van der Waals surface area (Å²) < 4.78 is 18.0. The SMILES string of the molecule is C=CCCCOC(=O)[C@H]1[C@H]2C(=O)N([C@@H](CO)CC(C)C)C(C(=O)N(CC=C)CCN3CCOCC3)C23CC(C)[C@]1(C)O3. The molecule has 0 aromatic carbocycles. The van der Waals surface area contributed by atoms with Gasteiger partial charge in [0.2, 0.25) is 11.8 Å². The van der Waals surface area contributed by atoms with E-state index in [1.165, 1.54) is 0 Å². The summed E-state index contributed by atoms with van der Waals surface area (Å²) in [5, 5.41) is 10.5. The molecule has 0 aromatic rings. The number of morpholine rings is 1. The van der Waals surface area contributed by atoms with Gasteiger partial charge in [0, 0.05) is 32.7 Å². The maximum atomic E-state index is 14.7. The van der Waals surface area contributed by atoms with E-state index in [1.54, 1.807) is 22.0 Å². The Morgan fingerprint density at radius 3 is 2.57 bits per heavy atom. The van der Waals surface area contributed by atoms with E-state index in [0.29, 0.717) is 52.1 Å². The summed E-state index contributed by atoms with van der Waals surface area (Å²) >= 11 is 0. The highest BCUT2D eigenvalue weighted by Gasteiger charge is 2.80. The molecular formula is C32H51N3O7. The first-order valence-electron chi connectivity index (χ1n) is 15.7. The average Bonchev–Trinajstić information content (AvgIpc) is 3.48. The van der Waals surface area contributed by atoms with Crippen molar-refractivity contribution in [2.45, 2.75) is 76.7 Å². The molecule has 4 fully saturated rings. The second kappa shape index (κ2) is 13.6. The molecule has 4 heterocycles. The Hall–Kier alpha value is -2.27. The quantitative estimate of drug-likeness (QED) is 0.176. The minimum Gasteiger partial charge on any atom is -0.465 e. The third-order valence-electron chi connectivity index (χ3n) is 9.84. The Morgan fingerprint density at radius 2 is 1.95 bits per heavy atom. The van der Waals surface area contributed by atoms with Crippen LogP contribution in [0.3, 0.4) is 0 Å². The predicted molar refractivity (Wildman–Crippen MR) is 158 cm³/mol. The summed E-state index contributed by atoms with van der Waals surface area (Å²) in [5.74, 6) is -2.58. The molecule has 42 heavy (non-hydrogen) atoms. The van der Waals surface area contributed by atoms with Crippen molar-refractivity contribution in [1.29, 1.82) is 0 Å². The number of hydrogen-bond donors (Lipinski definition) is 1. The summed E-state index contributed by atoms with van der Waals surface area (Å²) in [4.78, 5) is 48.4. The third kappa shape index (κ3) is 5.92. The molecule has 2 amide bonds. The number of allylic oxidation sites excluding steroid dienone is 1. The monoisotopic (exact) mass is 589 g/mol. The molecule has 1 spiro atoms. The smallest absolute Gasteiger partial charge is 0.312 e. The fourth-order valence-electron chi connectivity index (χ4n) is 7.73. The number of carbonyl (C=O) groups excluding carboxylic acids is 3. The normalized spacial score (nSPS) is 33.1. The summed E-state index contributed by atoms with van der Waals surface area (Å²) in [6.45, 7) is 19.9. The molecular weight excluding hydrogens is 538 g/mol. The maximum absolute atomic E-state index is 14.7. The number of nitrogens with zero attached hydrogens (tertiary/aromatic N) is 3. The second-order valence-corrected chi connectivity index (χ2v) is 13.0. The Bertz CT molecular complexity index is 1010. The van der Waals surface area contributed by atoms with E-state index >= 15 is 0 Å². The van der Waals surface area contributed by atoms with Crippen molar-refractivity contribution in [2.24, 2.45) is 23.7 Å². The van der Waals surface area contributed by atoms with Crippen LogP contribution < -0.4 is 0 Å². The number of unbranched alkanes of at least 4 members (excludes halogenated alkanes) is 1. The largest absolute Gasteiger partial charge is 0.465 e. The van der Waals surface area contributed by atoms with Crippen molar-refractivity contribution < 1.29 is 33.7 Å². The van der Waals surface area contributed by atoms with Crippen LogP contribution >= 0.6 is 0 Å². The van der Waals surface area contributed by atoms with Crippen molar-refractivity contribution in [3.8, 4) is 0 Å². The van der Waals surface area contributed by atoms with Gasteiger partial charge in [0.05, 0.1) is 44.0 Å². The van der Waals surface area contributed by atoms with E-state index in [1.807, 2.05) is 27.7 Å². The van der Waals surface area contributed by atoms with Crippen LogP contribution in [0.25, 0.3) is 0 Å². The molecule has 10 nitrogen and oxygen atoms in total. The van der Waals surface area contributed by atoms with Gasteiger partial charge in [-0.05, 0) is 44.4 Å². The molecule has 236 valence electrons. The number of aliphatic hydroxyl groups excluding tert-OH is 1.